The minimum absolute atomic E-state index is 0.0418. The third-order valence-corrected chi connectivity index (χ3v) is 5.25. The van der Waals surface area contributed by atoms with E-state index in [0.717, 1.165) is 12.8 Å². The maximum absolute atomic E-state index is 12.3. The van der Waals surface area contributed by atoms with Crippen LogP contribution in [0.3, 0.4) is 0 Å². The fraction of sp³-hybridized carbons (Fsp3) is 0.533. The van der Waals surface area contributed by atoms with Gasteiger partial charge in [0.2, 0.25) is 15.9 Å². The van der Waals surface area contributed by atoms with Gasteiger partial charge in [0.1, 0.15) is 11.4 Å². The van der Waals surface area contributed by atoms with E-state index in [1.807, 2.05) is 13.8 Å². The lowest BCUT2D eigenvalue weighted by Gasteiger charge is -2.39. The monoisotopic (exact) mass is 324 g/mol. The number of hydrogen-bond acceptors (Lipinski definition) is 4. The van der Waals surface area contributed by atoms with Gasteiger partial charge in [-0.05, 0) is 44.9 Å². The Morgan fingerprint density at radius 2 is 2.05 bits per heavy atom. The first-order valence-electron chi connectivity index (χ1n) is 7.31. The van der Waals surface area contributed by atoms with Gasteiger partial charge >= 0.3 is 0 Å². The van der Waals surface area contributed by atoms with E-state index in [0.29, 0.717) is 18.0 Å². The summed E-state index contributed by atoms with van der Waals surface area (Å²) in [6, 6.07) is 4.69. The molecule has 1 aliphatic heterocycles. The van der Waals surface area contributed by atoms with Gasteiger partial charge in [-0.3, -0.25) is 4.79 Å². The Morgan fingerprint density at radius 1 is 1.36 bits per heavy atom. The molecule has 0 atom stereocenters. The van der Waals surface area contributed by atoms with E-state index in [1.54, 1.807) is 11.0 Å². The molecule has 1 saturated carbocycles. The van der Waals surface area contributed by atoms with Gasteiger partial charge in [-0.2, -0.15) is 0 Å². The molecule has 0 radical (unpaired) electrons. The van der Waals surface area contributed by atoms with Crippen molar-refractivity contribution in [2.75, 3.05) is 11.4 Å². The second-order valence-electron chi connectivity index (χ2n) is 6.49. The van der Waals surface area contributed by atoms with Crippen LogP contribution in [0.2, 0.25) is 0 Å². The molecule has 1 aromatic rings. The van der Waals surface area contributed by atoms with E-state index in [-0.39, 0.29) is 16.8 Å². The molecule has 3 rings (SSSR count). The highest BCUT2D eigenvalue weighted by Crippen LogP contribution is 2.38. The average molecular weight is 324 g/mol. The van der Waals surface area contributed by atoms with Crippen molar-refractivity contribution in [3.8, 4) is 5.75 Å². The zero-order chi connectivity index (χ0) is 16.1. The van der Waals surface area contributed by atoms with Crippen LogP contribution in [0.25, 0.3) is 0 Å². The van der Waals surface area contributed by atoms with E-state index >= 15 is 0 Å². The predicted octanol–water partition coefficient (Wildman–Crippen LogP) is 1.65. The van der Waals surface area contributed by atoms with Crippen LogP contribution in [0.4, 0.5) is 5.69 Å². The van der Waals surface area contributed by atoms with Crippen molar-refractivity contribution < 1.29 is 17.9 Å². The molecule has 120 valence electrons. The molecule has 2 aliphatic rings. The van der Waals surface area contributed by atoms with Gasteiger partial charge in [0.15, 0.2) is 0 Å². The summed E-state index contributed by atoms with van der Waals surface area (Å²) >= 11 is 0. The normalized spacial score (nSPS) is 20.2. The number of anilines is 1. The van der Waals surface area contributed by atoms with Crippen molar-refractivity contribution in [2.45, 2.75) is 50.2 Å². The fourth-order valence-electron chi connectivity index (χ4n) is 2.53. The molecule has 0 unspecified atom stereocenters. The zero-order valence-electron chi connectivity index (χ0n) is 12.9. The number of rotatable bonds is 3. The van der Waals surface area contributed by atoms with Gasteiger partial charge in [-0.25, -0.2) is 13.1 Å². The van der Waals surface area contributed by atoms with Crippen LogP contribution in [0.1, 0.15) is 33.6 Å². The summed E-state index contributed by atoms with van der Waals surface area (Å²) in [7, 11) is -3.55. The highest BCUT2D eigenvalue weighted by atomic mass is 32.2. The Kier molecular flexibility index (Phi) is 3.45. The summed E-state index contributed by atoms with van der Waals surface area (Å²) in [6.07, 6.45) is 1.75. The molecule has 1 aliphatic carbocycles. The molecule has 0 aromatic heterocycles. The molecule has 22 heavy (non-hydrogen) atoms. The van der Waals surface area contributed by atoms with Gasteiger partial charge < -0.3 is 9.64 Å². The van der Waals surface area contributed by atoms with Crippen molar-refractivity contribution in [3.05, 3.63) is 18.2 Å². The number of hydrogen-bond donors (Lipinski definition) is 1. The molecule has 1 N–H and O–H groups in total. The molecular formula is C15H20N2O4S. The number of carbonyl (C=O) groups excluding carboxylic acids is 1. The van der Waals surface area contributed by atoms with Crippen molar-refractivity contribution >= 4 is 21.6 Å². The summed E-state index contributed by atoms with van der Waals surface area (Å²) in [6.45, 7) is 5.64. The first-order valence-corrected chi connectivity index (χ1v) is 8.80. The first-order chi connectivity index (χ1) is 10.2. The van der Waals surface area contributed by atoms with Gasteiger partial charge in [0.25, 0.3) is 0 Å². The molecule has 1 aromatic carbocycles. The minimum Gasteiger partial charge on any atom is -0.484 e. The summed E-state index contributed by atoms with van der Waals surface area (Å²) < 4.78 is 33.1. The maximum atomic E-state index is 12.3. The minimum atomic E-state index is -3.55. The number of ether oxygens (including phenoxy) is 1. The number of benzene rings is 1. The van der Waals surface area contributed by atoms with Crippen molar-refractivity contribution in [1.82, 2.24) is 4.72 Å². The molecule has 6 nitrogen and oxygen atoms in total. The van der Waals surface area contributed by atoms with Crippen LogP contribution in [0.5, 0.6) is 5.75 Å². The molecular weight excluding hydrogens is 304 g/mol. The lowest BCUT2D eigenvalue weighted by atomic mass is 10.1. The molecule has 0 saturated heterocycles. The van der Waals surface area contributed by atoms with Crippen LogP contribution in [-0.2, 0) is 14.8 Å². The number of fused-ring (bicyclic) bond motifs is 1. The fourth-order valence-corrected chi connectivity index (χ4v) is 3.85. The standard InChI is InChI=1S/C15H20N2O4S/c1-10(18)17-9-15(2,3)21-14-7-6-12(8-13(14)17)22(19,20)16-11-4-5-11/h6-8,11,16H,4-5,9H2,1-3H3. The molecule has 1 heterocycles. The quantitative estimate of drug-likeness (QED) is 0.917. The second kappa shape index (κ2) is 4.96. The van der Waals surface area contributed by atoms with Gasteiger partial charge in [-0.1, -0.05) is 0 Å². The third kappa shape index (κ3) is 2.96. The topological polar surface area (TPSA) is 75.7 Å². The van der Waals surface area contributed by atoms with Crippen LogP contribution in [0, 0.1) is 0 Å². The Labute approximate surface area is 130 Å². The van der Waals surface area contributed by atoms with Crippen molar-refractivity contribution in [1.29, 1.82) is 0 Å². The summed E-state index contributed by atoms with van der Waals surface area (Å²) in [5.74, 6) is 0.388. The zero-order valence-corrected chi connectivity index (χ0v) is 13.7. The molecule has 0 spiro atoms. The summed E-state index contributed by atoms with van der Waals surface area (Å²) in [5.41, 5.74) is -0.00352. The van der Waals surface area contributed by atoms with Crippen molar-refractivity contribution in [3.63, 3.8) is 0 Å². The van der Waals surface area contributed by atoms with Gasteiger partial charge in [0, 0.05) is 13.0 Å². The van der Waals surface area contributed by atoms with E-state index in [4.69, 9.17) is 4.74 Å². The first kappa shape index (κ1) is 15.3. The van der Waals surface area contributed by atoms with Gasteiger partial charge in [-0.15, -0.1) is 0 Å². The Bertz CT molecular complexity index is 723. The van der Waals surface area contributed by atoms with Crippen LogP contribution < -0.4 is 14.4 Å². The predicted molar refractivity (Wildman–Crippen MR) is 82.5 cm³/mol. The summed E-state index contributed by atoms with van der Waals surface area (Å²) in [4.78, 5) is 13.6. The average Bonchev–Trinajstić information content (AvgIpc) is 3.19. The molecule has 1 fully saturated rings. The highest BCUT2D eigenvalue weighted by Gasteiger charge is 2.35. The Morgan fingerprint density at radius 3 is 2.64 bits per heavy atom. The number of carbonyl (C=O) groups is 1. The number of amides is 1. The van der Waals surface area contributed by atoms with E-state index in [2.05, 4.69) is 4.72 Å². The van der Waals surface area contributed by atoms with Crippen LogP contribution in [-0.4, -0.2) is 32.5 Å². The second-order valence-corrected chi connectivity index (χ2v) is 8.21. The molecule has 1 amide bonds. The highest BCUT2D eigenvalue weighted by molar-refractivity contribution is 7.89. The lowest BCUT2D eigenvalue weighted by molar-refractivity contribution is -0.117. The number of sulfonamides is 1. The lowest BCUT2D eigenvalue weighted by Crippen LogP contribution is -2.48. The Hall–Kier alpha value is -1.60. The number of nitrogens with one attached hydrogen (secondary N) is 1. The largest absolute Gasteiger partial charge is 0.484 e. The Balaban J connectivity index is 2.01. The maximum Gasteiger partial charge on any atom is 0.240 e. The number of nitrogens with zero attached hydrogens (tertiary/aromatic N) is 1. The third-order valence-electron chi connectivity index (χ3n) is 3.74. The van der Waals surface area contributed by atoms with Gasteiger partial charge in [0.05, 0.1) is 17.1 Å². The summed E-state index contributed by atoms with van der Waals surface area (Å²) in [5, 5.41) is 0. The SMILES string of the molecule is CC(=O)N1CC(C)(C)Oc2ccc(S(=O)(=O)NC3CC3)cc21. The molecule has 7 heteroatoms. The van der Waals surface area contributed by atoms with E-state index in [1.165, 1.54) is 19.1 Å². The van der Waals surface area contributed by atoms with Crippen LogP contribution in [0.15, 0.2) is 23.1 Å². The smallest absolute Gasteiger partial charge is 0.240 e. The van der Waals surface area contributed by atoms with Crippen molar-refractivity contribution in [2.24, 2.45) is 0 Å². The van der Waals surface area contributed by atoms with E-state index in [9.17, 15) is 13.2 Å². The van der Waals surface area contributed by atoms with E-state index < -0.39 is 15.6 Å². The molecule has 0 bridgehead atoms. The van der Waals surface area contributed by atoms with Crippen LogP contribution >= 0.6 is 0 Å².